The van der Waals surface area contributed by atoms with Crippen LogP contribution in [0.25, 0.3) is 0 Å². The van der Waals surface area contributed by atoms with Gasteiger partial charge in [-0.05, 0) is 19.3 Å². The van der Waals surface area contributed by atoms with Crippen molar-refractivity contribution in [1.29, 1.82) is 0 Å². The minimum Gasteiger partial charge on any atom is -0.351 e. The first kappa shape index (κ1) is 10.5. The van der Waals surface area contributed by atoms with Crippen molar-refractivity contribution < 1.29 is 9.57 Å². The van der Waals surface area contributed by atoms with Gasteiger partial charge >= 0.3 is 0 Å². The highest BCUT2D eigenvalue weighted by Crippen LogP contribution is 2.12. The highest BCUT2D eigenvalue weighted by atomic mass is 16.8. The molecule has 0 radical (unpaired) electrons. The number of nitrogens with one attached hydrogen (secondary N) is 1. The molecule has 1 rings (SSSR count). The number of unbranched alkanes of at least 4 members (excludes halogenated alkanes) is 1. The molecule has 1 unspecified atom stereocenters. The second-order valence-corrected chi connectivity index (χ2v) is 3.12. The van der Waals surface area contributed by atoms with E-state index < -0.39 is 0 Å². The van der Waals surface area contributed by atoms with E-state index in [-0.39, 0.29) is 6.29 Å². The molecular formula is C10H17NO2. The first-order chi connectivity index (χ1) is 6.43. The molecule has 1 aliphatic rings. The Kier molecular flexibility index (Phi) is 5.59. The second-order valence-electron chi connectivity index (χ2n) is 3.12. The molecule has 1 atom stereocenters. The Hall–Kier alpha value is -0.560. The van der Waals surface area contributed by atoms with Gasteiger partial charge in [-0.25, -0.2) is 0 Å². The molecule has 0 saturated carbocycles. The molecule has 1 aliphatic heterocycles. The van der Waals surface area contributed by atoms with Gasteiger partial charge < -0.3 is 4.74 Å². The summed E-state index contributed by atoms with van der Waals surface area (Å²) in [5.74, 6) is 2.58. The van der Waals surface area contributed by atoms with Crippen LogP contribution in [0.3, 0.4) is 0 Å². The van der Waals surface area contributed by atoms with E-state index in [0.717, 1.165) is 38.8 Å². The number of hydrogen-bond donors (Lipinski definition) is 1. The minimum atomic E-state index is -0.0559. The summed E-state index contributed by atoms with van der Waals surface area (Å²) in [5, 5.41) is 0. The molecular weight excluding hydrogens is 166 g/mol. The molecule has 0 aromatic heterocycles. The average molecular weight is 183 g/mol. The van der Waals surface area contributed by atoms with E-state index >= 15 is 0 Å². The van der Waals surface area contributed by atoms with E-state index in [1.807, 2.05) is 0 Å². The van der Waals surface area contributed by atoms with Gasteiger partial charge in [0.05, 0.1) is 0 Å². The van der Waals surface area contributed by atoms with Gasteiger partial charge in [0.15, 0.2) is 6.29 Å². The van der Waals surface area contributed by atoms with Crippen molar-refractivity contribution in [2.24, 2.45) is 0 Å². The van der Waals surface area contributed by atoms with Crippen LogP contribution in [0.1, 0.15) is 32.1 Å². The summed E-state index contributed by atoms with van der Waals surface area (Å²) < 4.78 is 5.36. The molecule has 3 heteroatoms. The smallest absolute Gasteiger partial charge is 0.177 e. The first-order valence-corrected chi connectivity index (χ1v) is 4.87. The molecule has 1 fully saturated rings. The Balaban J connectivity index is 1.90. The van der Waals surface area contributed by atoms with E-state index in [1.165, 1.54) is 6.42 Å². The summed E-state index contributed by atoms with van der Waals surface area (Å²) in [6.45, 7) is 1.61. The summed E-state index contributed by atoms with van der Waals surface area (Å²) in [6, 6.07) is 0. The molecule has 0 bridgehead atoms. The summed E-state index contributed by atoms with van der Waals surface area (Å²) in [6.07, 6.45) is 10.1. The number of terminal acetylenes is 1. The number of rotatable bonds is 5. The number of hydroxylamine groups is 1. The summed E-state index contributed by atoms with van der Waals surface area (Å²) >= 11 is 0. The fourth-order valence-corrected chi connectivity index (χ4v) is 1.22. The summed E-state index contributed by atoms with van der Waals surface area (Å²) in [4.78, 5) is 5.29. The van der Waals surface area contributed by atoms with E-state index in [2.05, 4.69) is 11.4 Å². The van der Waals surface area contributed by atoms with Crippen molar-refractivity contribution in [3.05, 3.63) is 0 Å². The van der Waals surface area contributed by atoms with Crippen molar-refractivity contribution in [3.8, 4) is 12.3 Å². The van der Waals surface area contributed by atoms with Gasteiger partial charge in [-0.3, -0.25) is 4.84 Å². The van der Waals surface area contributed by atoms with Crippen LogP contribution >= 0.6 is 0 Å². The lowest BCUT2D eigenvalue weighted by atomic mass is 10.2. The first-order valence-electron chi connectivity index (χ1n) is 4.87. The van der Waals surface area contributed by atoms with Gasteiger partial charge in [-0.15, -0.1) is 12.3 Å². The zero-order chi connectivity index (χ0) is 9.36. The predicted octanol–water partition coefficient (Wildman–Crippen LogP) is 1.45. The second kappa shape index (κ2) is 6.90. The molecule has 13 heavy (non-hydrogen) atoms. The van der Waals surface area contributed by atoms with Crippen molar-refractivity contribution >= 4 is 0 Å². The van der Waals surface area contributed by atoms with Crippen LogP contribution < -0.4 is 5.48 Å². The summed E-state index contributed by atoms with van der Waals surface area (Å²) in [7, 11) is 0. The average Bonchev–Trinajstić information content (AvgIpc) is 2.19. The Morgan fingerprint density at radius 1 is 1.54 bits per heavy atom. The van der Waals surface area contributed by atoms with Gasteiger partial charge in [-0.2, -0.15) is 5.48 Å². The minimum absolute atomic E-state index is 0.0559. The molecule has 0 aromatic carbocycles. The molecule has 1 saturated heterocycles. The van der Waals surface area contributed by atoms with E-state index in [4.69, 9.17) is 16.0 Å². The monoisotopic (exact) mass is 183 g/mol. The van der Waals surface area contributed by atoms with Crippen LogP contribution in [0.4, 0.5) is 0 Å². The third-order valence-electron chi connectivity index (χ3n) is 1.95. The Morgan fingerprint density at radius 2 is 2.46 bits per heavy atom. The maximum absolute atomic E-state index is 5.36. The van der Waals surface area contributed by atoms with Gasteiger partial charge in [0.1, 0.15) is 0 Å². The van der Waals surface area contributed by atoms with Crippen LogP contribution in [0.15, 0.2) is 0 Å². The topological polar surface area (TPSA) is 30.5 Å². The Morgan fingerprint density at radius 3 is 3.15 bits per heavy atom. The fraction of sp³-hybridized carbons (Fsp3) is 0.800. The fourth-order valence-electron chi connectivity index (χ4n) is 1.22. The third kappa shape index (κ3) is 4.89. The standard InChI is InChI=1S/C10H17NO2/c1-2-3-5-8-11-13-10-7-4-6-9-12-10/h1,10-11H,3-9H2. The quantitative estimate of drug-likeness (QED) is 0.397. The lowest BCUT2D eigenvalue weighted by Crippen LogP contribution is -2.29. The highest BCUT2D eigenvalue weighted by Gasteiger charge is 2.13. The number of hydrogen-bond acceptors (Lipinski definition) is 3. The lowest BCUT2D eigenvalue weighted by Gasteiger charge is -2.22. The zero-order valence-electron chi connectivity index (χ0n) is 7.92. The lowest BCUT2D eigenvalue weighted by molar-refractivity contribution is -0.196. The molecule has 3 nitrogen and oxygen atoms in total. The molecule has 0 aromatic rings. The van der Waals surface area contributed by atoms with Crippen LogP contribution in [-0.4, -0.2) is 19.4 Å². The van der Waals surface area contributed by atoms with Crippen LogP contribution in [-0.2, 0) is 9.57 Å². The van der Waals surface area contributed by atoms with Crippen LogP contribution in [0, 0.1) is 12.3 Å². The summed E-state index contributed by atoms with van der Waals surface area (Å²) in [5.41, 5.74) is 2.87. The SMILES string of the molecule is C#CCCCNOC1CCCCO1. The third-order valence-corrected chi connectivity index (χ3v) is 1.95. The zero-order valence-corrected chi connectivity index (χ0v) is 7.92. The highest BCUT2D eigenvalue weighted by molar-refractivity contribution is 4.82. The van der Waals surface area contributed by atoms with E-state index in [0.29, 0.717) is 0 Å². The van der Waals surface area contributed by atoms with Gasteiger partial charge in [-0.1, -0.05) is 0 Å². The molecule has 1 N–H and O–H groups in total. The van der Waals surface area contributed by atoms with Gasteiger partial charge in [0, 0.05) is 26.0 Å². The van der Waals surface area contributed by atoms with Gasteiger partial charge in [0.25, 0.3) is 0 Å². The predicted molar refractivity (Wildman–Crippen MR) is 50.7 cm³/mol. The van der Waals surface area contributed by atoms with E-state index in [9.17, 15) is 0 Å². The van der Waals surface area contributed by atoms with E-state index in [1.54, 1.807) is 0 Å². The van der Waals surface area contributed by atoms with Crippen molar-refractivity contribution in [3.63, 3.8) is 0 Å². The van der Waals surface area contributed by atoms with Crippen molar-refractivity contribution in [2.75, 3.05) is 13.2 Å². The van der Waals surface area contributed by atoms with Crippen LogP contribution in [0.2, 0.25) is 0 Å². The Labute approximate surface area is 79.7 Å². The maximum Gasteiger partial charge on any atom is 0.177 e. The maximum atomic E-state index is 5.36. The van der Waals surface area contributed by atoms with Crippen molar-refractivity contribution in [2.45, 2.75) is 38.4 Å². The van der Waals surface area contributed by atoms with Crippen LogP contribution in [0.5, 0.6) is 0 Å². The number of ether oxygens (including phenoxy) is 1. The normalized spacial score (nSPS) is 22.5. The molecule has 74 valence electrons. The largest absolute Gasteiger partial charge is 0.351 e. The molecule has 0 amide bonds. The van der Waals surface area contributed by atoms with Gasteiger partial charge in [0.2, 0.25) is 0 Å². The molecule has 1 heterocycles. The molecule has 0 spiro atoms. The Bertz CT molecular complexity index is 159. The molecule has 0 aliphatic carbocycles. The van der Waals surface area contributed by atoms with Crippen molar-refractivity contribution in [1.82, 2.24) is 5.48 Å².